The summed E-state index contributed by atoms with van der Waals surface area (Å²) in [5.74, 6) is 0. The number of piperidine rings is 1. The molecule has 1 N–H and O–H groups in total. The van der Waals surface area contributed by atoms with Crippen molar-refractivity contribution in [2.24, 2.45) is 0 Å². The van der Waals surface area contributed by atoms with Gasteiger partial charge in [-0.05, 0) is 58.4 Å². The summed E-state index contributed by atoms with van der Waals surface area (Å²) >= 11 is 0. The Bertz CT molecular complexity index is 252. The van der Waals surface area contributed by atoms with Gasteiger partial charge in [-0.1, -0.05) is 6.58 Å². The van der Waals surface area contributed by atoms with Gasteiger partial charge in [0.05, 0.1) is 0 Å². The van der Waals surface area contributed by atoms with Crippen LogP contribution >= 0.6 is 0 Å². The highest BCUT2D eigenvalue weighted by molar-refractivity contribution is 5.02. The van der Waals surface area contributed by atoms with Crippen LogP contribution in [0.2, 0.25) is 0 Å². The second-order valence-corrected chi connectivity index (χ2v) is 5.85. The van der Waals surface area contributed by atoms with Gasteiger partial charge in [0.2, 0.25) is 0 Å². The summed E-state index contributed by atoms with van der Waals surface area (Å²) in [6.07, 6.45) is 5.32. The Morgan fingerprint density at radius 2 is 1.94 bits per heavy atom. The minimum absolute atomic E-state index is 0.754. The summed E-state index contributed by atoms with van der Waals surface area (Å²) < 4.78 is 0. The summed E-state index contributed by atoms with van der Waals surface area (Å²) in [5, 5.41) is 3.54. The van der Waals surface area contributed by atoms with Crippen molar-refractivity contribution in [1.29, 1.82) is 0 Å². The fourth-order valence-electron chi connectivity index (χ4n) is 2.55. The molecule has 3 nitrogen and oxygen atoms in total. The van der Waals surface area contributed by atoms with E-state index in [1.165, 1.54) is 44.3 Å². The zero-order valence-electron chi connectivity index (χ0n) is 11.4. The summed E-state index contributed by atoms with van der Waals surface area (Å²) in [6.45, 7) is 8.72. The molecular formula is C14H27N3. The van der Waals surface area contributed by atoms with E-state index in [2.05, 4.69) is 35.8 Å². The molecule has 0 spiro atoms. The molecular weight excluding hydrogens is 210 g/mol. The van der Waals surface area contributed by atoms with Crippen molar-refractivity contribution in [1.82, 2.24) is 15.1 Å². The van der Waals surface area contributed by atoms with Crippen LogP contribution in [-0.2, 0) is 0 Å². The van der Waals surface area contributed by atoms with Crippen LogP contribution in [0, 0.1) is 0 Å². The maximum absolute atomic E-state index is 4.19. The molecule has 1 heterocycles. The first-order valence-corrected chi connectivity index (χ1v) is 6.94. The fraction of sp³-hybridized carbons (Fsp3) is 0.857. The lowest BCUT2D eigenvalue weighted by Gasteiger charge is -2.35. The molecule has 0 amide bonds. The molecule has 2 rings (SSSR count). The minimum Gasteiger partial charge on any atom is -0.310 e. The van der Waals surface area contributed by atoms with Gasteiger partial charge in [-0.15, -0.1) is 0 Å². The highest BCUT2D eigenvalue weighted by atomic mass is 15.2. The van der Waals surface area contributed by atoms with Gasteiger partial charge in [-0.25, -0.2) is 0 Å². The predicted octanol–water partition coefficient (Wildman–Crippen LogP) is 1.32. The van der Waals surface area contributed by atoms with E-state index in [0.717, 1.165) is 25.2 Å². The summed E-state index contributed by atoms with van der Waals surface area (Å²) in [5.41, 5.74) is 1.33. The number of likely N-dealkylation sites (tertiary alicyclic amines) is 1. The molecule has 1 saturated heterocycles. The topological polar surface area (TPSA) is 18.5 Å². The number of nitrogens with zero attached hydrogens (tertiary/aromatic N) is 2. The average Bonchev–Trinajstić information content (AvgIpc) is 3.11. The highest BCUT2D eigenvalue weighted by Gasteiger charge is 2.22. The normalized spacial score (nSPS) is 23.2. The van der Waals surface area contributed by atoms with E-state index in [1.54, 1.807) is 0 Å². The molecule has 0 unspecified atom stereocenters. The molecule has 0 bridgehead atoms. The molecule has 1 saturated carbocycles. The van der Waals surface area contributed by atoms with Gasteiger partial charge < -0.3 is 10.2 Å². The average molecular weight is 237 g/mol. The van der Waals surface area contributed by atoms with Crippen molar-refractivity contribution in [3.63, 3.8) is 0 Å². The van der Waals surface area contributed by atoms with Crippen LogP contribution in [0.5, 0.6) is 0 Å². The predicted molar refractivity (Wildman–Crippen MR) is 73.3 cm³/mol. The Kier molecular flexibility index (Phi) is 4.60. The first-order chi connectivity index (χ1) is 8.15. The third-order valence-electron chi connectivity index (χ3n) is 4.00. The van der Waals surface area contributed by atoms with Crippen LogP contribution in [0.3, 0.4) is 0 Å². The van der Waals surface area contributed by atoms with Gasteiger partial charge in [-0.2, -0.15) is 0 Å². The van der Waals surface area contributed by atoms with Gasteiger partial charge in [0.25, 0.3) is 0 Å². The second-order valence-electron chi connectivity index (χ2n) is 5.85. The van der Waals surface area contributed by atoms with Crippen molar-refractivity contribution >= 4 is 0 Å². The highest BCUT2D eigenvalue weighted by Crippen LogP contribution is 2.19. The van der Waals surface area contributed by atoms with Gasteiger partial charge in [0.15, 0.2) is 0 Å². The fourth-order valence-corrected chi connectivity index (χ4v) is 2.55. The monoisotopic (exact) mass is 237 g/mol. The van der Waals surface area contributed by atoms with Crippen molar-refractivity contribution < 1.29 is 0 Å². The number of rotatable bonds is 6. The van der Waals surface area contributed by atoms with Crippen molar-refractivity contribution in [2.45, 2.75) is 37.8 Å². The quantitative estimate of drug-likeness (QED) is 0.703. The largest absolute Gasteiger partial charge is 0.310 e. The molecule has 0 atom stereocenters. The van der Waals surface area contributed by atoms with E-state index in [9.17, 15) is 0 Å². The Hall–Kier alpha value is -0.380. The number of likely N-dealkylation sites (N-methyl/N-ethyl adjacent to an activating group) is 1. The van der Waals surface area contributed by atoms with Crippen LogP contribution < -0.4 is 5.32 Å². The Balaban J connectivity index is 1.64. The zero-order chi connectivity index (χ0) is 12.3. The minimum atomic E-state index is 0.754. The van der Waals surface area contributed by atoms with E-state index in [0.29, 0.717) is 0 Å². The number of hydrogen-bond acceptors (Lipinski definition) is 3. The van der Waals surface area contributed by atoms with Crippen LogP contribution in [0.25, 0.3) is 0 Å². The number of nitrogens with one attached hydrogen (secondary N) is 1. The lowest BCUT2D eigenvalue weighted by molar-refractivity contribution is 0.152. The maximum atomic E-state index is 4.19. The van der Waals surface area contributed by atoms with Crippen LogP contribution in [-0.4, -0.2) is 62.2 Å². The third-order valence-corrected chi connectivity index (χ3v) is 4.00. The molecule has 98 valence electrons. The summed E-state index contributed by atoms with van der Waals surface area (Å²) in [6, 6.07) is 1.55. The zero-order valence-corrected chi connectivity index (χ0v) is 11.4. The van der Waals surface area contributed by atoms with Crippen LogP contribution in [0.15, 0.2) is 12.2 Å². The van der Waals surface area contributed by atoms with Crippen LogP contribution in [0.1, 0.15) is 25.7 Å². The van der Waals surface area contributed by atoms with Gasteiger partial charge in [-0.3, -0.25) is 4.90 Å². The molecule has 1 aliphatic heterocycles. The molecule has 2 aliphatic rings. The smallest absolute Gasteiger partial charge is 0.0202 e. The van der Waals surface area contributed by atoms with Gasteiger partial charge in [0, 0.05) is 25.2 Å². The first kappa shape index (κ1) is 13.1. The van der Waals surface area contributed by atoms with Gasteiger partial charge >= 0.3 is 0 Å². The van der Waals surface area contributed by atoms with Gasteiger partial charge in [0.1, 0.15) is 0 Å². The molecule has 0 aromatic rings. The van der Waals surface area contributed by atoms with E-state index in [-0.39, 0.29) is 0 Å². The Morgan fingerprint density at radius 1 is 1.29 bits per heavy atom. The molecule has 17 heavy (non-hydrogen) atoms. The van der Waals surface area contributed by atoms with Crippen molar-refractivity contribution in [3.8, 4) is 0 Å². The Morgan fingerprint density at radius 3 is 2.53 bits per heavy atom. The van der Waals surface area contributed by atoms with E-state index < -0.39 is 0 Å². The SMILES string of the molecule is C=C(CNC1CC1)CN(C)C1CCN(C)CC1. The lowest BCUT2D eigenvalue weighted by atomic mass is 10.0. The summed E-state index contributed by atoms with van der Waals surface area (Å²) in [4.78, 5) is 4.91. The van der Waals surface area contributed by atoms with E-state index in [1.807, 2.05) is 0 Å². The standard InChI is InChI=1S/C14H27N3/c1-12(10-15-13-4-5-13)11-17(3)14-6-8-16(2)9-7-14/h13-15H,1,4-11H2,2-3H3. The lowest BCUT2D eigenvalue weighted by Crippen LogP contribution is -2.43. The van der Waals surface area contributed by atoms with Crippen LogP contribution in [0.4, 0.5) is 0 Å². The molecule has 0 aromatic carbocycles. The maximum Gasteiger partial charge on any atom is 0.0202 e. The number of hydrogen-bond donors (Lipinski definition) is 1. The first-order valence-electron chi connectivity index (χ1n) is 6.94. The molecule has 3 heteroatoms. The van der Waals surface area contributed by atoms with Crippen molar-refractivity contribution in [3.05, 3.63) is 12.2 Å². The molecule has 2 fully saturated rings. The molecule has 0 radical (unpaired) electrons. The van der Waals surface area contributed by atoms with E-state index >= 15 is 0 Å². The molecule has 1 aliphatic carbocycles. The van der Waals surface area contributed by atoms with Crippen molar-refractivity contribution in [2.75, 3.05) is 40.3 Å². The molecule has 0 aromatic heterocycles. The van der Waals surface area contributed by atoms with E-state index in [4.69, 9.17) is 0 Å². The Labute approximate surface area is 106 Å². The summed E-state index contributed by atoms with van der Waals surface area (Å²) in [7, 11) is 4.47. The third kappa shape index (κ3) is 4.41. The second kappa shape index (κ2) is 5.98.